The molecule has 0 bridgehead atoms. The lowest BCUT2D eigenvalue weighted by Gasteiger charge is -2.07. The van der Waals surface area contributed by atoms with E-state index in [1.54, 1.807) is 12.1 Å². The molecule has 0 saturated heterocycles. The molecule has 1 N–H and O–H groups in total. The second-order valence-corrected chi connectivity index (χ2v) is 7.02. The van der Waals surface area contributed by atoms with Gasteiger partial charge in [0.25, 0.3) is 5.91 Å². The summed E-state index contributed by atoms with van der Waals surface area (Å²) < 4.78 is 9.92. The maximum atomic E-state index is 11.9. The van der Waals surface area contributed by atoms with Gasteiger partial charge in [-0.25, -0.2) is 4.79 Å². The van der Waals surface area contributed by atoms with Crippen molar-refractivity contribution >= 4 is 52.3 Å². The third-order valence-corrected chi connectivity index (χ3v) is 4.63. The van der Waals surface area contributed by atoms with Crippen molar-refractivity contribution in [1.82, 2.24) is 0 Å². The Morgan fingerprint density at radius 1 is 1.04 bits per heavy atom. The molecular weight excluding hydrogens is 394 g/mol. The van der Waals surface area contributed by atoms with E-state index in [0.717, 1.165) is 11.3 Å². The third-order valence-electron chi connectivity index (χ3n) is 3.36. The molecular formula is C18H16ClNO6S. The fourth-order valence-electron chi connectivity index (χ4n) is 2.03. The molecule has 2 rings (SSSR count). The van der Waals surface area contributed by atoms with Crippen molar-refractivity contribution in [2.45, 2.75) is 12.8 Å². The molecule has 1 aromatic heterocycles. The lowest BCUT2D eigenvalue weighted by Crippen LogP contribution is -2.21. The number of thiophene rings is 1. The van der Waals surface area contributed by atoms with Crippen LogP contribution in [0.15, 0.2) is 36.4 Å². The van der Waals surface area contributed by atoms with E-state index in [1.165, 1.54) is 31.4 Å². The topological polar surface area (TPSA) is 98.8 Å². The Morgan fingerprint density at radius 2 is 1.74 bits per heavy atom. The normalized spacial score (nSPS) is 10.1. The van der Waals surface area contributed by atoms with Crippen molar-refractivity contribution in [2.24, 2.45) is 0 Å². The number of Topliss-reactive ketones (excluding diaryl/α,β-unsaturated/α-hetero) is 1. The minimum atomic E-state index is -0.651. The summed E-state index contributed by atoms with van der Waals surface area (Å²) in [6.07, 6.45) is -0.151. The van der Waals surface area contributed by atoms with E-state index in [0.29, 0.717) is 20.5 Å². The first kappa shape index (κ1) is 20.6. The average molecular weight is 410 g/mol. The summed E-state index contributed by atoms with van der Waals surface area (Å²) in [4.78, 5) is 47.1. The molecule has 1 amide bonds. The van der Waals surface area contributed by atoms with Gasteiger partial charge in [0.05, 0.1) is 28.3 Å². The largest absolute Gasteiger partial charge is 0.465 e. The molecule has 0 atom stereocenters. The number of rotatable bonds is 8. The highest BCUT2D eigenvalue weighted by Crippen LogP contribution is 2.23. The number of amides is 1. The Balaban J connectivity index is 1.72. The molecule has 0 spiro atoms. The van der Waals surface area contributed by atoms with Crippen LogP contribution in [0.25, 0.3) is 0 Å². The zero-order valence-corrected chi connectivity index (χ0v) is 15.9. The maximum absolute atomic E-state index is 11.9. The van der Waals surface area contributed by atoms with Crippen molar-refractivity contribution < 1.29 is 28.7 Å². The van der Waals surface area contributed by atoms with E-state index in [2.05, 4.69) is 10.1 Å². The second-order valence-electron chi connectivity index (χ2n) is 5.30. The van der Waals surface area contributed by atoms with Crippen LogP contribution < -0.4 is 5.32 Å². The molecule has 27 heavy (non-hydrogen) atoms. The fourth-order valence-corrected chi connectivity index (χ4v) is 3.04. The zero-order chi connectivity index (χ0) is 19.8. The highest BCUT2D eigenvalue weighted by molar-refractivity contribution is 7.18. The van der Waals surface area contributed by atoms with Crippen molar-refractivity contribution in [3.05, 3.63) is 51.2 Å². The van der Waals surface area contributed by atoms with E-state index in [9.17, 15) is 19.2 Å². The molecule has 1 aromatic carbocycles. The zero-order valence-electron chi connectivity index (χ0n) is 14.3. The molecule has 0 aliphatic carbocycles. The Morgan fingerprint density at radius 3 is 2.33 bits per heavy atom. The smallest absolute Gasteiger partial charge is 0.337 e. The molecule has 0 saturated carbocycles. The molecule has 0 fully saturated rings. The Bertz CT molecular complexity index is 846. The summed E-state index contributed by atoms with van der Waals surface area (Å²) in [6, 6.07) is 9.25. The Kier molecular flexibility index (Phi) is 7.51. The molecule has 142 valence electrons. The van der Waals surface area contributed by atoms with Gasteiger partial charge in [-0.05, 0) is 36.4 Å². The molecule has 0 radical (unpaired) electrons. The number of methoxy groups -OCH3 is 1. The van der Waals surface area contributed by atoms with Gasteiger partial charge in [-0.3, -0.25) is 14.4 Å². The van der Waals surface area contributed by atoms with Crippen LogP contribution in [-0.2, 0) is 19.1 Å². The van der Waals surface area contributed by atoms with Crippen LogP contribution in [0.4, 0.5) is 5.69 Å². The van der Waals surface area contributed by atoms with Gasteiger partial charge in [-0.1, -0.05) is 11.6 Å². The fraction of sp³-hybridized carbons (Fsp3) is 0.222. The van der Waals surface area contributed by atoms with E-state index < -0.39 is 24.5 Å². The van der Waals surface area contributed by atoms with Gasteiger partial charge in [0.2, 0.25) is 0 Å². The van der Waals surface area contributed by atoms with Crippen LogP contribution in [0.3, 0.4) is 0 Å². The first-order chi connectivity index (χ1) is 12.9. The number of nitrogens with one attached hydrogen (secondary N) is 1. The number of ketones is 1. The number of anilines is 1. The van der Waals surface area contributed by atoms with Crippen molar-refractivity contribution in [3.63, 3.8) is 0 Å². The number of hydrogen-bond donors (Lipinski definition) is 1. The first-order valence-electron chi connectivity index (χ1n) is 7.81. The van der Waals surface area contributed by atoms with Crippen LogP contribution in [0.5, 0.6) is 0 Å². The van der Waals surface area contributed by atoms with Gasteiger partial charge < -0.3 is 14.8 Å². The highest BCUT2D eigenvalue weighted by atomic mass is 35.5. The van der Waals surface area contributed by atoms with Gasteiger partial charge in [0.1, 0.15) is 0 Å². The summed E-state index contributed by atoms with van der Waals surface area (Å²) in [5.74, 6) is -1.88. The van der Waals surface area contributed by atoms with Crippen LogP contribution in [0.1, 0.15) is 32.9 Å². The summed E-state index contributed by atoms with van der Waals surface area (Å²) in [5, 5.41) is 2.53. The third kappa shape index (κ3) is 6.50. The van der Waals surface area contributed by atoms with E-state index in [4.69, 9.17) is 16.3 Å². The average Bonchev–Trinajstić information content (AvgIpc) is 3.11. The quantitative estimate of drug-likeness (QED) is 0.530. The van der Waals surface area contributed by atoms with Gasteiger partial charge in [-0.2, -0.15) is 0 Å². The summed E-state index contributed by atoms with van der Waals surface area (Å²) in [7, 11) is 1.27. The van der Waals surface area contributed by atoms with Crippen LogP contribution >= 0.6 is 22.9 Å². The summed E-state index contributed by atoms with van der Waals surface area (Å²) >= 11 is 6.90. The van der Waals surface area contributed by atoms with Gasteiger partial charge in [0, 0.05) is 12.1 Å². The molecule has 7 nitrogen and oxygen atoms in total. The number of ether oxygens (including phenoxy) is 2. The van der Waals surface area contributed by atoms with Gasteiger partial charge in [-0.15, -0.1) is 11.3 Å². The van der Waals surface area contributed by atoms with Crippen LogP contribution in [-0.4, -0.2) is 37.3 Å². The lowest BCUT2D eigenvalue weighted by atomic mass is 10.2. The molecule has 0 aliphatic heterocycles. The number of carbonyl (C=O) groups is 4. The molecule has 9 heteroatoms. The first-order valence-corrected chi connectivity index (χ1v) is 9.01. The van der Waals surface area contributed by atoms with Crippen LogP contribution in [0, 0.1) is 0 Å². The number of halogens is 1. The minimum absolute atomic E-state index is 0.0215. The second kappa shape index (κ2) is 9.84. The Hall–Kier alpha value is -2.71. The van der Waals surface area contributed by atoms with Crippen LogP contribution in [0.2, 0.25) is 4.34 Å². The van der Waals surface area contributed by atoms with E-state index >= 15 is 0 Å². The van der Waals surface area contributed by atoms with Crippen molar-refractivity contribution in [3.8, 4) is 0 Å². The summed E-state index contributed by atoms with van der Waals surface area (Å²) in [6.45, 7) is -0.476. The molecule has 2 aromatic rings. The van der Waals surface area contributed by atoms with Gasteiger partial charge in [0.15, 0.2) is 12.4 Å². The standard InChI is InChI=1S/C18H16ClNO6S/c1-25-18(24)11-2-4-12(5-3-11)20-16(22)10-26-17(23)9-6-13(21)14-7-8-15(19)27-14/h2-5,7-8H,6,9-10H2,1H3,(H,20,22). The van der Waals surface area contributed by atoms with E-state index in [-0.39, 0.29) is 18.6 Å². The van der Waals surface area contributed by atoms with Gasteiger partial charge >= 0.3 is 11.9 Å². The highest BCUT2D eigenvalue weighted by Gasteiger charge is 2.14. The number of carbonyl (C=O) groups excluding carboxylic acids is 4. The predicted molar refractivity (Wildman–Crippen MR) is 100 cm³/mol. The van der Waals surface area contributed by atoms with Crippen molar-refractivity contribution in [1.29, 1.82) is 0 Å². The SMILES string of the molecule is COC(=O)c1ccc(NC(=O)COC(=O)CCC(=O)c2ccc(Cl)s2)cc1. The lowest BCUT2D eigenvalue weighted by molar-refractivity contribution is -0.147. The van der Waals surface area contributed by atoms with E-state index in [1.807, 2.05) is 0 Å². The minimum Gasteiger partial charge on any atom is -0.465 e. The predicted octanol–water partition coefficient (Wildman–Crippen LogP) is 3.33. The molecule has 0 unspecified atom stereocenters. The number of hydrogen-bond acceptors (Lipinski definition) is 7. The number of esters is 2. The summed E-state index contributed by atoms with van der Waals surface area (Å²) in [5.41, 5.74) is 0.784. The molecule has 1 heterocycles. The van der Waals surface area contributed by atoms with Crippen molar-refractivity contribution in [2.75, 3.05) is 19.0 Å². The number of benzene rings is 1. The monoisotopic (exact) mass is 409 g/mol. The molecule has 0 aliphatic rings. The maximum Gasteiger partial charge on any atom is 0.337 e. The Labute approximate surface area is 164 Å².